The summed E-state index contributed by atoms with van der Waals surface area (Å²) in [5, 5.41) is 2.94. The van der Waals surface area contributed by atoms with Crippen LogP contribution in [0.4, 0.5) is 5.69 Å². The number of nitrogens with zero attached hydrogens (tertiary/aromatic N) is 1. The van der Waals surface area contributed by atoms with Crippen LogP contribution in [0.5, 0.6) is 0 Å². The summed E-state index contributed by atoms with van der Waals surface area (Å²) in [7, 11) is 0. The largest absolute Gasteiger partial charge is 0.342 e. The topological polar surface area (TPSA) is 49.4 Å². The number of piperidine rings is 1. The molecule has 26 heavy (non-hydrogen) atoms. The zero-order chi connectivity index (χ0) is 19.3. The third-order valence-electron chi connectivity index (χ3n) is 5.14. The monoisotopic (exact) mass is 358 g/mol. The molecule has 4 nitrogen and oxygen atoms in total. The fourth-order valence-electron chi connectivity index (χ4n) is 3.85. The van der Waals surface area contributed by atoms with E-state index in [0.29, 0.717) is 30.6 Å². The Kier molecular flexibility index (Phi) is 7.24. The fraction of sp³-hybridized carbons (Fsp3) is 0.636. The van der Waals surface area contributed by atoms with Gasteiger partial charge in [0.05, 0.1) is 0 Å². The van der Waals surface area contributed by atoms with Gasteiger partial charge in [0.25, 0.3) is 0 Å². The molecule has 3 atom stereocenters. The number of likely N-dealkylation sites (tertiary alicyclic amines) is 1. The van der Waals surface area contributed by atoms with Gasteiger partial charge in [0.2, 0.25) is 11.8 Å². The van der Waals surface area contributed by atoms with Crippen LogP contribution >= 0.6 is 0 Å². The molecule has 3 unspecified atom stereocenters. The van der Waals surface area contributed by atoms with Crippen molar-refractivity contribution in [3.05, 3.63) is 29.8 Å². The molecule has 0 aliphatic carbocycles. The maximum absolute atomic E-state index is 12.5. The predicted molar refractivity (Wildman–Crippen MR) is 107 cm³/mol. The summed E-state index contributed by atoms with van der Waals surface area (Å²) >= 11 is 0. The summed E-state index contributed by atoms with van der Waals surface area (Å²) < 4.78 is 0. The second-order valence-electron chi connectivity index (χ2n) is 8.58. The van der Waals surface area contributed by atoms with Crippen LogP contribution in [0.2, 0.25) is 0 Å². The zero-order valence-electron chi connectivity index (χ0n) is 16.9. The van der Waals surface area contributed by atoms with E-state index in [1.54, 1.807) is 0 Å². The Bertz CT molecular complexity index is 599. The first-order chi connectivity index (χ1) is 12.2. The highest BCUT2D eigenvalue weighted by Crippen LogP contribution is 2.23. The molecule has 1 aromatic rings. The van der Waals surface area contributed by atoms with Crippen molar-refractivity contribution in [1.29, 1.82) is 0 Å². The van der Waals surface area contributed by atoms with E-state index in [2.05, 4.69) is 33.0 Å². The molecule has 0 saturated carbocycles. The summed E-state index contributed by atoms with van der Waals surface area (Å²) in [6.45, 7) is 12.4. The molecule has 0 spiro atoms. The SMILES string of the molecule is CC(CC(=O)Nc1ccc(C(C)C)cc1)CC(=O)N1CC(C)CC(C)C1. The standard InChI is InChI=1S/C22H34N2O2/c1-15(2)19-6-8-20(9-7-19)23-21(25)11-16(3)12-22(26)24-13-17(4)10-18(5)14-24/h6-9,15-18H,10-14H2,1-5H3,(H,23,25). The first-order valence-corrected chi connectivity index (χ1v) is 9.92. The number of carbonyl (C=O) groups excluding carboxylic acids is 2. The highest BCUT2D eigenvalue weighted by molar-refractivity contribution is 5.91. The average Bonchev–Trinajstić information content (AvgIpc) is 2.54. The Balaban J connectivity index is 1.80. The van der Waals surface area contributed by atoms with Gasteiger partial charge in [0.1, 0.15) is 0 Å². The number of carbonyl (C=O) groups is 2. The number of hydrogen-bond donors (Lipinski definition) is 1. The van der Waals surface area contributed by atoms with Crippen molar-refractivity contribution in [3.8, 4) is 0 Å². The van der Waals surface area contributed by atoms with Gasteiger partial charge in [-0.25, -0.2) is 0 Å². The molecule has 1 aliphatic rings. The molecule has 0 radical (unpaired) electrons. The molecular formula is C22H34N2O2. The van der Waals surface area contributed by atoms with Crippen molar-refractivity contribution in [3.63, 3.8) is 0 Å². The predicted octanol–water partition coefficient (Wildman–Crippen LogP) is 4.67. The normalized spacial score (nSPS) is 21.5. The number of anilines is 1. The van der Waals surface area contributed by atoms with Gasteiger partial charge in [-0.05, 0) is 47.8 Å². The second kappa shape index (κ2) is 9.20. The molecule has 2 amide bonds. The zero-order valence-corrected chi connectivity index (χ0v) is 16.9. The third kappa shape index (κ3) is 6.15. The van der Waals surface area contributed by atoms with E-state index in [1.165, 1.54) is 12.0 Å². The highest BCUT2D eigenvalue weighted by Gasteiger charge is 2.26. The van der Waals surface area contributed by atoms with Crippen LogP contribution in [0, 0.1) is 17.8 Å². The summed E-state index contributed by atoms with van der Waals surface area (Å²) in [5.74, 6) is 1.81. The molecule has 1 heterocycles. The minimum Gasteiger partial charge on any atom is -0.342 e. The highest BCUT2D eigenvalue weighted by atomic mass is 16.2. The van der Waals surface area contributed by atoms with Crippen molar-refractivity contribution < 1.29 is 9.59 Å². The van der Waals surface area contributed by atoms with Gasteiger partial charge in [0, 0.05) is 31.6 Å². The van der Waals surface area contributed by atoms with Crippen molar-refractivity contribution in [1.82, 2.24) is 4.90 Å². The van der Waals surface area contributed by atoms with Crippen LogP contribution in [-0.4, -0.2) is 29.8 Å². The maximum Gasteiger partial charge on any atom is 0.224 e. The average molecular weight is 359 g/mol. The fourth-order valence-corrected chi connectivity index (χ4v) is 3.85. The van der Waals surface area contributed by atoms with E-state index in [0.717, 1.165) is 18.8 Å². The molecule has 4 heteroatoms. The molecule has 1 aliphatic heterocycles. The lowest BCUT2D eigenvalue weighted by Crippen LogP contribution is -2.43. The van der Waals surface area contributed by atoms with Crippen molar-refractivity contribution >= 4 is 17.5 Å². The number of rotatable bonds is 6. The van der Waals surface area contributed by atoms with Crippen LogP contribution in [0.1, 0.15) is 65.4 Å². The Morgan fingerprint density at radius 2 is 1.62 bits per heavy atom. The first kappa shape index (κ1) is 20.5. The van der Waals surface area contributed by atoms with E-state index in [4.69, 9.17) is 0 Å². The minimum atomic E-state index is -0.0250. The molecular weight excluding hydrogens is 324 g/mol. The van der Waals surface area contributed by atoms with Gasteiger partial charge in [-0.3, -0.25) is 9.59 Å². The summed E-state index contributed by atoms with van der Waals surface area (Å²) in [4.78, 5) is 26.8. The minimum absolute atomic E-state index is 0.0250. The molecule has 2 rings (SSSR count). The summed E-state index contributed by atoms with van der Waals surface area (Å²) in [5.41, 5.74) is 2.07. The van der Waals surface area contributed by atoms with E-state index >= 15 is 0 Å². The number of benzene rings is 1. The lowest BCUT2D eigenvalue weighted by atomic mass is 9.91. The Labute approximate surface area is 158 Å². The Morgan fingerprint density at radius 3 is 2.15 bits per heavy atom. The Hall–Kier alpha value is -1.84. The molecule has 0 bridgehead atoms. The summed E-state index contributed by atoms with van der Waals surface area (Å²) in [6.07, 6.45) is 2.01. The molecule has 0 aromatic heterocycles. The lowest BCUT2D eigenvalue weighted by Gasteiger charge is -2.35. The van der Waals surface area contributed by atoms with Crippen LogP contribution in [-0.2, 0) is 9.59 Å². The van der Waals surface area contributed by atoms with Gasteiger partial charge >= 0.3 is 0 Å². The van der Waals surface area contributed by atoms with Gasteiger partial charge in [-0.15, -0.1) is 0 Å². The van der Waals surface area contributed by atoms with E-state index < -0.39 is 0 Å². The van der Waals surface area contributed by atoms with Crippen LogP contribution < -0.4 is 5.32 Å². The van der Waals surface area contributed by atoms with Crippen molar-refractivity contribution in [2.24, 2.45) is 17.8 Å². The van der Waals surface area contributed by atoms with Gasteiger partial charge in [-0.2, -0.15) is 0 Å². The molecule has 1 fully saturated rings. The van der Waals surface area contributed by atoms with Gasteiger partial charge in [0.15, 0.2) is 0 Å². The lowest BCUT2D eigenvalue weighted by molar-refractivity contribution is -0.134. The molecule has 1 N–H and O–H groups in total. The first-order valence-electron chi connectivity index (χ1n) is 9.92. The van der Waals surface area contributed by atoms with Crippen LogP contribution in [0.25, 0.3) is 0 Å². The number of amides is 2. The van der Waals surface area contributed by atoms with E-state index in [1.807, 2.05) is 36.1 Å². The van der Waals surface area contributed by atoms with E-state index in [9.17, 15) is 9.59 Å². The number of nitrogens with one attached hydrogen (secondary N) is 1. The number of hydrogen-bond acceptors (Lipinski definition) is 2. The van der Waals surface area contributed by atoms with Gasteiger partial charge in [-0.1, -0.05) is 46.8 Å². The maximum atomic E-state index is 12.5. The smallest absolute Gasteiger partial charge is 0.224 e. The van der Waals surface area contributed by atoms with Crippen LogP contribution in [0.15, 0.2) is 24.3 Å². The van der Waals surface area contributed by atoms with E-state index in [-0.39, 0.29) is 17.7 Å². The van der Waals surface area contributed by atoms with Gasteiger partial charge < -0.3 is 10.2 Å². The quantitative estimate of drug-likeness (QED) is 0.803. The third-order valence-corrected chi connectivity index (χ3v) is 5.14. The summed E-state index contributed by atoms with van der Waals surface area (Å²) in [6, 6.07) is 7.98. The molecule has 144 valence electrons. The van der Waals surface area contributed by atoms with Crippen molar-refractivity contribution in [2.45, 2.75) is 59.8 Å². The van der Waals surface area contributed by atoms with Crippen molar-refractivity contribution in [2.75, 3.05) is 18.4 Å². The molecule has 1 aromatic carbocycles. The molecule has 1 saturated heterocycles. The Morgan fingerprint density at radius 1 is 1.04 bits per heavy atom. The van der Waals surface area contributed by atoms with Crippen LogP contribution in [0.3, 0.4) is 0 Å². The second-order valence-corrected chi connectivity index (χ2v) is 8.58.